The lowest BCUT2D eigenvalue weighted by Crippen LogP contribution is -1.85. The Morgan fingerprint density at radius 2 is 2.18 bits per heavy atom. The van der Waals surface area contributed by atoms with Gasteiger partial charge in [0, 0.05) is 5.56 Å². The molecule has 2 heteroatoms. The fourth-order valence-electron chi connectivity index (χ4n) is 0.770. The van der Waals surface area contributed by atoms with Crippen molar-refractivity contribution in [2.24, 2.45) is 0 Å². The molecule has 1 N–H and O–H groups in total. The maximum atomic E-state index is 12.6. The van der Waals surface area contributed by atoms with Gasteiger partial charge < -0.3 is 5.11 Å². The van der Waals surface area contributed by atoms with Crippen molar-refractivity contribution in [2.75, 3.05) is 0 Å². The molecule has 0 atom stereocenters. The van der Waals surface area contributed by atoms with Crippen LogP contribution in [0.25, 0.3) is 0 Å². The van der Waals surface area contributed by atoms with Gasteiger partial charge in [-0.05, 0) is 23.8 Å². The van der Waals surface area contributed by atoms with Gasteiger partial charge in [-0.25, -0.2) is 4.39 Å². The van der Waals surface area contributed by atoms with Crippen LogP contribution in [0.15, 0.2) is 18.2 Å². The second kappa shape index (κ2) is 3.18. The summed E-state index contributed by atoms with van der Waals surface area (Å²) in [5, 5.41) is 8.52. The maximum absolute atomic E-state index is 12.6. The SMILES string of the molecule is C#Cc1cc(F)cc([CH]O)c1. The quantitative estimate of drug-likeness (QED) is 0.602. The molecule has 1 rings (SSSR count). The van der Waals surface area contributed by atoms with Crippen LogP contribution in [0.1, 0.15) is 11.1 Å². The summed E-state index contributed by atoms with van der Waals surface area (Å²) in [5.74, 6) is 1.83. The fraction of sp³-hybridized carbons (Fsp3) is 0. The van der Waals surface area contributed by atoms with Gasteiger partial charge in [-0.1, -0.05) is 5.92 Å². The highest BCUT2D eigenvalue weighted by atomic mass is 19.1. The molecular weight excluding hydrogens is 143 g/mol. The number of hydrogen-bond acceptors (Lipinski definition) is 1. The van der Waals surface area contributed by atoms with E-state index in [1.807, 2.05) is 0 Å². The van der Waals surface area contributed by atoms with Gasteiger partial charge in [-0.3, -0.25) is 0 Å². The lowest BCUT2D eigenvalue weighted by molar-refractivity contribution is 0.414. The topological polar surface area (TPSA) is 20.2 Å². The second-order valence-corrected chi connectivity index (χ2v) is 2.05. The first kappa shape index (κ1) is 7.77. The van der Waals surface area contributed by atoms with Crippen molar-refractivity contribution in [3.05, 3.63) is 41.8 Å². The Kier molecular flexibility index (Phi) is 2.25. The lowest BCUT2D eigenvalue weighted by atomic mass is 10.1. The van der Waals surface area contributed by atoms with Crippen molar-refractivity contribution in [1.82, 2.24) is 0 Å². The lowest BCUT2D eigenvalue weighted by Gasteiger charge is -1.96. The number of benzene rings is 1. The van der Waals surface area contributed by atoms with Gasteiger partial charge in [0.1, 0.15) is 12.4 Å². The average molecular weight is 149 g/mol. The molecule has 1 aromatic rings. The Morgan fingerprint density at radius 1 is 1.45 bits per heavy atom. The zero-order chi connectivity index (χ0) is 8.27. The van der Waals surface area contributed by atoms with E-state index >= 15 is 0 Å². The summed E-state index contributed by atoms with van der Waals surface area (Å²) in [6.07, 6.45) is 5.03. The van der Waals surface area contributed by atoms with E-state index in [9.17, 15) is 4.39 Å². The zero-order valence-corrected chi connectivity index (χ0v) is 5.71. The van der Waals surface area contributed by atoms with Crippen LogP contribution in [0.4, 0.5) is 4.39 Å². The van der Waals surface area contributed by atoms with Gasteiger partial charge in [0.05, 0.1) is 0 Å². The summed E-state index contributed by atoms with van der Waals surface area (Å²) >= 11 is 0. The molecule has 1 radical (unpaired) electrons. The molecule has 0 saturated heterocycles. The number of aliphatic hydroxyl groups excluding tert-OH is 1. The van der Waals surface area contributed by atoms with E-state index in [1.54, 1.807) is 0 Å². The van der Waals surface area contributed by atoms with Crippen molar-refractivity contribution in [3.8, 4) is 12.3 Å². The smallest absolute Gasteiger partial charge is 0.124 e. The molecule has 0 heterocycles. The van der Waals surface area contributed by atoms with Crippen LogP contribution in [0.3, 0.4) is 0 Å². The van der Waals surface area contributed by atoms with E-state index in [-0.39, 0.29) is 0 Å². The van der Waals surface area contributed by atoms with Gasteiger partial charge in [-0.2, -0.15) is 0 Å². The zero-order valence-electron chi connectivity index (χ0n) is 5.71. The molecule has 0 aromatic heterocycles. The van der Waals surface area contributed by atoms with Gasteiger partial charge in [-0.15, -0.1) is 6.42 Å². The molecule has 0 aliphatic heterocycles. The van der Waals surface area contributed by atoms with Gasteiger partial charge >= 0.3 is 0 Å². The Hall–Kier alpha value is -1.33. The predicted octanol–water partition coefficient (Wildman–Crippen LogP) is 1.69. The number of aliphatic hydroxyl groups is 1. The predicted molar refractivity (Wildman–Crippen MR) is 39.7 cm³/mol. The molecule has 0 unspecified atom stereocenters. The van der Waals surface area contributed by atoms with E-state index in [2.05, 4.69) is 5.92 Å². The van der Waals surface area contributed by atoms with Crippen LogP contribution < -0.4 is 0 Å². The average Bonchev–Trinajstić information content (AvgIpc) is 2.03. The van der Waals surface area contributed by atoms with E-state index in [1.165, 1.54) is 18.2 Å². The molecule has 11 heavy (non-hydrogen) atoms. The largest absolute Gasteiger partial charge is 0.385 e. The highest BCUT2D eigenvalue weighted by Gasteiger charge is 1.97. The minimum Gasteiger partial charge on any atom is -0.385 e. The van der Waals surface area contributed by atoms with Gasteiger partial charge in [0.25, 0.3) is 0 Å². The Labute approximate surface area is 64.5 Å². The molecule has 1 aromatic carbocycles. The van der Waals surface area contributed by atoms with E-state index in [0.29, 0.717) is 11.1 Å². The summed E-state index contributed by atoms with van der Waals surface area (Å²) in [6, 6.07) is 3.94. The third-order valence-electron chi connectivity index (χ3n) is 1.24. The molecule has 1 nitrogen and oxygen atoms in total. The third kappa shape index (κ3) is 1.79. The third-order valence-corrected chi connectivity index (χ3v) is 1.24. The highest BCUT2D eigenvalue weighted by Crippen LogP contribution is 2.08. The second-order valence-electron chi connectivity index (χ2n) is 2.05. The molecule has 0 saturated carbocycles. The minimum atomic E-state index is -0.444. The van der Waals surface area contributed by atoms with Crippen LogP contribution in [0, 0.1) is 24.8 Å². The van der Waals surface area contributed by atoms with Crippen LogP contribution >= 0.6 is 0 Å². The summed E-state index contributed by atoms with van der Waals surface area (Å²) in [6.45, 7) is 0.809. The fourth-order valence-corrected chi connectivity index (χ4v) is 0.770. The maximum Gasteiger partial charge on any atom is 0.124 e. The van der Waals surface area contributed by atoms with E-state index in [4.69, 9.17) is 11.5 Å². The van der Waals surface area contributed by atoms with Crippen molar-refractivity contribution in [1.29, 1.82) is 0 Å². The summed E-state index contributed by atoms with van der Waals surface area (Å²) < 4.78 is 12.6. The summed E-state index contributed by atoms with van der Waals surface area (Å²) in [4.78, 5) is 0. The van der Waals surface area contributed by atoms with Gasteiger partial charge in [0.2, 0.25) is 0 Å². The molecule has 0 aliphatic carbocycles. The number of rotatable bonds is 1. The number of hydrogen-bond donors (Lipinski definition) is 1. The van der Waals surface area contributed by atoms with Crippen LogP contribution in [0.2, 0.25) is 0 Å². The van der Waals surface area contributed by atoms with Gasteiger partial charge in [0.15, 0.2) is 0 Å². The van der Waals surface area contributed by atoms with Crippen molar-refractivity contribution >= 4 is 0 Å². The summed E-state index contributed by atoms with van der Waals surface area (Å²) in [7, 11) is 0. The minimum absolute atomic E-state index is 0.373. The van der Waals surface area contributed by atoms with E-state index < -0.39 is 5.82 Å². The first-order valence-electron chi connectivity index (χ1n) is 3.01. The van der Waals surface area contributed by atoms with Crippen LogP contribution in [0.5, 0.6) is 0 Å². The van der Waals surface area contributed by atoms with Crippen molar-refractivity contribution < 1.29 is 9.50 Å². The Morgan fingerprint density at radius 3 is 2.73 bits per heavy atom. The number of terminal acetylenes is 1. The molecule has 0 amide bonds. The molecule has 0 aliphatic rings. The highest BCUT2D eigenvalue weighted by molar-refractivity contribution is 5.37. The summed E-state index contributed by atoms with van der Waals surface area (Å²) in [5.41, 5.74) is 0.795. The normalized spacial score (nSPS) is 9.18. The Bertz CT molecular complexity index is 299. The van der Waals surface area contributed by atoms with E-state index in [0.717, 1.165) is 6.61 Å². The molecule has 0 spiro atoms. The molecular formula is C9H6FO. The monoisotopic (exact) mass is 149 g/mol. The first-order chi connectivity index (χ1) is 5.26. The first-order valence-corrected chi connectivity index (χ1v) is 3.01. The van der Waals surface area contributed by atoms with Crippen molar-refractivity contribution in [3.63, 3.8) is 0 Å². The standard InChI is InChI=1S/C9H6FO/c1-2-7-3-8(6-11)5-9(10)4-7/h1,3-6,11H. The molecule has 55 valence electrons. The van der Waals surface area contributed by atoms with Crippen LogP contribution in [-0.2, 0) is 0 Å². The molecule has 0 bridgehead atoms. The number of halogens is 1. The van der Waals surface area contributed by atoms with Crippen LogP contribution in [-0.4, -0.2) is 5.11 Å². The molecule has 0 fully saturated rings. The Balaban J connectivity index is 3.15. The van der Waals surface area contributed by atoms with Crippen molar-refractivity contribution in [2.45, 2.75) is 0 Å².